The Morgan fingerprint density at radius 2 is 2.28 bits per heavy atom. The lowest BCUT2D eigenvalue weighted by Crippen LogP contribution is -2.24. The molecular weight excluding hydrogens is 233 g/mol. The van der Waals surface area contributed by atoms with Gasteiger partial charge in [0.2, 0.25) is 5.91 Å². The van der Waals surface area contributed by atoms with Crippen LogP contribution in [-0.4, -0.2) is 17.6 Å². The summed E-state index contributed by atoms with van der Waals surface area (Å²) in [4.78, 5) is 11.5. The predicted octanol–water partition coefficient (Wildman–Crippen LogP) is 1.20. The number of hydrogen-bond acceptors (Lipinski definition) is 2. The third-order valence-electron chi connectivity index (χ3n) is 2.76. The lowest BCUT2D eigenvalue weighted by Gasteiger charge is -2.06. The van der Waals surface area contributed by atoms with E-state index in [1.54, 1.807) is 12.1 Å². The fourth-order valence-electron chi connectivity index (χ4n) is 1.60. The Morgan fingerprint density at radius 3 is 2.94 bits per heavy atom. The molecule has 0 spiro atoms. The molecule has 1 aliphatic carbocycles. The minimum atomic E-state index is -0.361. The van der Waals surface area contributed by atoms with E-state index in [9.17, 15) is 9.18 Å². The summed E-state index contributed by atoms with van der Waals surface area (Å²) in [6, 6.07) is 4.45. The SMILES string of the molecule is O=C(NCc1cc(C#CCO)ccc1F)C1CC1. The van der Waals surface area contributed by atoms with Crippen molar-refractivity contribution in [1.29, 1.82) is 0 Å². The lowest BCUT2D eigenvalue weighted by molar-refractivity contribution is -0.122. The zero-order valence-electron chi connectivity index (χ0n) is 9.87. The van der Waals surface area contributed by atoms with E-state index >= 15 is 0 Å². The van der Waals surface area contributed by atoms with Gasteiger partial charge in [-0.05, 0) is 31.0 Å². The minimum absolute atomic E-state index is 0.0127. The Balaban J connectivity index is 2.03. The second-order valence-corrected chi connectivity index (χ2v) is 4.26. The number of aliphatic hydroxyl groups excluding tert-OH is 1. The molecule has 1 aromatic carbocycles. The highest BCUT2D eigenvalue weighted by molar-refractivity contribution is 5.80. The van der Waals surface area contributed by atoms with Crippen LogP contribution in [0.15, 0.2) is 18.2 Å². The molecule has 0 aromatic heterocycles. The summed E-state index contributed by atoms with van der Waals surface area (Å²) in [5, 5.41) is 11.3. The number of carbonyl (C=O) groups excluding carboxylic acids is 1. The van der Waals surface area contributed by atoms with Gasteiger partial charge < -0.3 is 10.4 Å². The molecule has 0 bridgehead atoms. The molecule has 0 aliphatic heterocycles. The van der Waals surface area contributed by atoms with Crippen molar-refractivity contribution in [1.82, 2.24) is 5.32 Å². The summed E-state index contributed by atoms with van der Waals surface area (Å²) in [7, 11) is 0. The van der Waals surface area contributed by atoms with Crippen LogP contribution in [0.1, 0.15) is 24.0 Å². The van der Waals surface area contributed by atoms with E-state index in [1.807, 2.05) is 0 Å². The molecule has 0 atom stereocenters. The molecule has 1 aliphatic rings. The van der Waals surface area contributed by atoms with Crippen LogP contribution in [-0.2, 0) is 11.3 Å². The van der Waals surface area contributed by atoms with Crippen LogP contribution >= 0.6 is 0 Å². The Morgan fingerprint density at radius 1 is 1.50 bits per heavy atom. The third kappa shape index (κ3) is 3.31. The van der Waals surface area contributed by atoms with Gasteiger partial charge in [0.05, 0.1) is 0 Å². The molecule has 1 aromatic rings. The fraction of sp³-hybridized carbons (Fsp3) is 0.357. The van der Waals surface area contributed by atoms with Gasteiger partial charge in [0, 0.05) is 23.6 Å². The molecule has 0 heterocycles. The molecule has 1 amide bonds. The molecule has 4 heteroatoms. The van der Waals surface area contributed by atoms with Crippen molar-refractivity contribution >= 4 is 5.91 Å². The monoisotopic (exact) mass is 247 g/mol. The summed E-state index contributed by atoms with van der Waals surface area (Å²) in [6.45, 7) is -0.0546. The van der Waals surface area contributed by atoms with Gasteiger partial charge in [-0.1, -0.05) is 11.8 Å². The Labute approximate surface area is 105 Å². The highest BCUT2D eigenvalue weighted by Crippen LogP contribution is 2.28. The first kappa shape index (κ1) is 12.6. The van der Waals surface area contributed by atoms with Crippen molar-refractivity contribution < 1.29 is 14.3 Å². The molecular formula is C14H14FNO2. The molecule has 1 fully saturated rings. The number of benzene rings is 1. The van der Waals surface area contributed by atoms with E-state index in [1.165, 1.54) is 6.07 Å². The first-order valence-electron chi connectivity index (χ1n) is 5.86. The van der Waals surface area contributed by atoms with Gasteiger partial charge in [0.1, 0.15) is 12.4 Å². The number of aliphatic hydroxyl groups is 1. The lowest BCUT2D eigenvalue weighted by atomic mass is 10.1. The van der Waals surface area contributed by atoms with E-state index in [0.717, 1.165) is 12.8 Å². The Hall–Kier alpha value is -1.86. The molecule has 94 valence electrons. The molecule has 0 saturated heterocycles. The quantitative estimate of drug-likeness (QED) is 0.788. The molecule has 2 N–H and O–H groups in total. The number of amides is 1. The first-order valence-corrected chi connectivity index (χ1v) is 5.86. The highest BCUT2D eigenvalue weighted by atomic mass is 19.1. The maximum Gasteiger partial charge on any atom is 0.223 e. The second-order valence-electron chi connectivity index (χ2n) is 4.26. The van der Waals surface area contributed by atoms with Crippen LogP contribution in [0.2, 0.25) is 0 Å². The van der Waals surface area contributed by atoms with Crippen molar-refractivity contribution in [2.75, 3.05) is 6.61 Å². The predicted molar refractivity (Wildman–Crippen MR) is 64.9 cm³/mol. The first-order chi connectivity index (χ1) is 8.70. The van der Waals surface area contributed by atoms with E-state index < -0.39 is 0 Å². The summed E-state index contributed by atoms with van der Waals surface area (Å²) in [5.74, 6) is 4.95. The maximum atomic E-state index is 13.5. The van der Waals surface area contributed by atoms with Crippen LogP contribution in [0.3, 0.4) is 0 Å². The normalized spacial score (nSPS) is 13.7. The standard InChI is InChI=1S/C14H14FNO2/c15-13-6-3-10(2-1-7-17)8-12(13)9-16-14(18)11-4-5-11/h3,6,8,11,17H,4-5,7,9H2,(H,16,18). The van der Waals surface area contributed by atoms with Crippen LogP contribution in [0.25, 0.3) is 0 Å². The zero-order valence-corrected chi connectivity index (χ0v) is 9.87. The summed E-state index contributed by atoms with van der Waals surface area (Å²) in [6.07, 6.45) is 1.85. The van der Waals surface area contributed by atoms with Crippen LogP contribution in [0, 0.1) is 23.6 Å². The number of halogens is 1. The van der Waals surface area contributed by atoms with Gasteiger partial charge in [0.15, 0.2) is 0 Å². The number of rotatable bonds is 3. The van der Waals surface area contributed by atoms with E-state index in [0.29, 0.717) is 11.1 Å². The average molecular weight is 247 g/mol. The maximum absolute atomic E-state index is 13.5. The zero-order chi connectivity index (χ0) is 13.0. The van der Waals surface area contributed by atoms with Gasteiger partial charge in [-0.2, -0.15) is 0 Å². The minimum Gasteiger partial charge on any atom is -0.384 e. The van der Waals surface area contributed by atoms with Gasteiger partial charge in [-0.3, -0.25) is 4.79 Å². The molecule has 1 saturated carbocycles. The summed E-state index contributed by atoms with van der Waals surface area (Å²) < 4.78 is 13.5. The van der Waals surface area contributed by atoms with Gasteiger partial charge in [-0.15, -0.1) is 0 Å². The van der Waals surface area contributed by atoms with Gasteiger partial charge in [-0.25, -0.2) is 4.39 Å². The third-order valence-corrected chi connectivity index (χ3v) is 2.76. The van der Waals surface area contributed by atoms with Gasteiger partial charge >= 0.3 is 0 Å². The van der Waals surface area contributed by atoms with Crippen molar-refractivity contribution in [3.63, 3.8) is 0 Å². The molecule has 2 rings (SSSR count). The number of nitrogens with one attached hydrogen (secondary N) is 1. The van der Waals surface area contributed by atoms with Crippen LogP contribution in [0.5, 0.6) is 0 Å². The smallest absolute Gasteiger partial charge is 0.223 e. The van der Waals surface area contributed by atoms with Crippen molar-refractivity contribution in [2.45, 2.75) is 19.4 Å². The highest BCUT2D eigenvalue weighted by Gasteiger charge is 2.29. The van der Waals surface area contributed by atoms with E-state index in [-0.39, 0.29) is 30.8 Å². The van der Waals surface area contributed by atoms with Crippen LogP contribution < -0.4 is 5.32 Å². The Kier molecular flexibility index (Phi) is 3.96. The van der Waals surface area contributed by atoms with Crippen molar-refractivity contribution in [3.05, 3.63) is 35.1 Å². The van der Waals surface area contributed by atoms with Crippen molar-refractivity contribution in [3.8, 4) is 11.8 Å². The molecule has 0 radical (unpaired) electrons. The average Bonchev–Trinajstić information content (AvgIpc) is 3.20. The fourth-order valence-corrected chi connectivity index (χ4v) is 1.60. The van der Waals surface area contributed by atoms with E-state index in [2.05, 4.69) is 17.2 Å². The van der Waals surface area contributed by atoms with Crippen molar-refractivity contribution in [2.24, 2.45) is 5.92 Å². The topological polar surface area (TPSA) is 49.3 Å². The summed E-state index contributed by atoms with van der Waals surface area (Å²) >= 11 is 0. The van der Waals surface area contributed by atoms with E-state index in [4.69, 9.17) is 5.11 Å². The molecule has 0 unspecified atom stereocenters. The number of hydrogen-bond donors (Lipinski definition) is 2. The Bertz CT molecular complexity index is 512. The molecule has 18 heavy (non-hydrogen) atoms. The van der Waals surface area contributed by atoms with Gasteiger partial charge in [0.25, 0.3) is 0 Å². The molecule has 3 nitrogen and oxygen atoms in total. The van der Waals surface area contributed by atoms with Crippen LogP contribution in [0.4, 0.5) is 4.39 Å². The number of carbonyl (C=O) groups is 1. The summed E-state index contributed by atoms with van der Waals surface area (Å²) in [5.41, 5.74) is 1.04. The second kappa shape index (κ2) is 5.65. The largest absolute Gasteiger partial charge is 0.384 e.